The van der Waals surface area contributed by atoms with Crippen molar-refractivity contribution in [3.05, 3.63) is 28.3 Å². The maximum atomic E-state index is 6.05. The predicted molar refractivity (Wildman–Crippen MR) is 95.2 cm³/mol. The zero-order chi connectivity index (χ0) is 15.8. The van der Waals surface area contributed by atoms with Crippen LogP contribution in [-0.2, 0) is 0 Å². The van der Waals surface area contributed by atoms with Gasteiger partial charge in [0.15, 0.2) is 0 Å². The molecule has 1 aromatic rings. The van der Waals surface area contributed by atoms with Crippen LogP contribution >= 0.6 is 11.6 Å². The number of hydrogen-bond acceptors (Lipinski definition) is 2. The number of rotatable bonds is 8. The Balaban J connectivity index is 1.56. The molecule has 1 aliphatic rings. The molecule has 2 rings (SSSR count). The van der Waals surface area contributed by atoms with Crippen molar-refractivity contribution in [2.45, 2.75) is 58.8 Å². The molecular weight excluding hydrogens is 294 g/mol. The van der Waals surface area contributed by atoms with Crippen molar-refractivity contribution in [2.75, 3.05) is 26.2 Å². The Morgan fingerprint density at radius 3 is 2.27 bits per heavy atom. The molecule has 0 saturated carbocycles. The van der Waals surface area contributed by atoms with Crippen LogP contribution in [0.4, 0.5) is 0 Å². The van der Waals surface area contributed by atoms with Gasteiger partial charge in [-0.2, -0.15) is 0 Å². The summed E-state index contributed by atoms with van der Waals surface area (Å²) in [7, 11) is 0. The third kappa shape index (κ3) is 5.81. The summed E-state index contributed by atoms with van der Waals surface area (Å²) in [4.78, 5) is 2.63. The number of benzene rings is 1. The maximum absolute atomic E-state index is 6.05. The summed E-state index contributed by atoms with van der Waals surface area (Å²) in [5, 5.41) is 0.792. The van der Waals surface area contributed by atoms with Crippen molar-refractivity contribution in [1.29, 1.82) is 0 Å². The van der Waals surface area contributed by atoms with Crippen molar-refractivity contribution >= 4 is 11.6 Å². The van der Waals surface area contributed by atoms with Crippen molar-refractivity contribution in [1.82, 2.24) is 4.90 Å². The van der Waals surface area contributed by atoms with Crippen LogP contribution in [0.1, 0.15) is 56.1 Å². The second-order valence-corrected chi connectivity index (χ2v) is 6.97. The van der Waals surface area contributed by atoms with Crippen LogP contribution in [0.3, 0.4) is 0 Å². The largest absolute Gasteiger partial charge is 0.493 e. The summed E-state index contributed by atoms with van der Waals surface area (Å²) in [6.07, 6.45) is 9.27. The van der Waals surface area contributed by atoms with E-state index in [-0.39, 0.29) is 0 Å². The highest BCUT2D eigenvalue weighted by atomic mass is 35.5. The van der Waals surface area contributed by atoms with Crippen molar-refractivity contribution in [3.8, 4) is 5.75 Å². The van der Waals surface area contributed by atoms with Gasteiger partial charge in [-0.05, 0) is 82.4 Å². The molecule has 3 heteroatoms. The highest BCUT2D eigenvalue weighted by Crippen LogP contribution is 2.27. The predicted octanol–water partition coefficient (Wildman–Crippen LogP) is 5.38. The molecule has 2 nitrogen and oxygen atoms in total. The molecule has 0 atom stereocenters. The molecule has 1 heterocycles. The van der Waals surface area contributed by atoms with E-state index in [0.29, 0.717) is 0 Å². The number of unbranched alkanes of at least 4 members (excludes halogenated alkanes) is 3. The van der Waals surface area contributed by atoms with Gasteiger partial charge in [-0.1, -0.05) is 30.9 Å². The Kier molecular flexibility index (Phi) is 7.54. The second kappa shape index (κ2) is 9.42. The van der Waals surface area contributed by atoms with Crippen molar-refractivity contribution < 1.29 is 4.74 Å². The molecule has 0 aromatic heterocycles. The zero-order valence-electron chi connectivity index (χ0n) is 14.2. The minimum atomic E-state index is 0.792. The van der Waals surface area contributed by atoms with Gasteiger partial charge in [0.2, 0.25) is 0 Å². The number of aryl methyl sites for hydroxylation is 2. The molecule has 0 unspecified atom stereocenters. The van der Waals surface area contributed by atoms with Gasteiger partial charge in [0.05, 0.1) is 6.61 Å². The van der Waals surface area contributed by atoms with Crippen molar-refractivity contribution in [2.24, 2.45) is 0 Å². The molecule has 0 spiro atoms. The first kappa shape index (κ1) is 17.6. The van der Waals surface area contributed by atoms with Gasteiger partial charge in [0.1, 0.15) is 5.75 Å². The maximum Gasteiger partial charge on any atom is 0.125 e. The van der Waals surface area contributed by atoms with Gasteiger partial charge < -0.3 is 9.64 Å². The molecule has 1 aliphatic heterocycles. The minimum Gasteiger partial charge on any atom is -0.493 e. The van der Waals surface area contributed by atoms with Crippen LogP contribution in [-0.4, -0.2) is 31.1 Å². The van der Waals surface area contributed by atoms with Gasteiger partial charge in [0, 0.05) is 5.02 Å². The SMILES string of the molecule is Cc1cc(Cl)cc(C)c1OCCCCCCN1CCCCC1. The Morgan fingerprint density at radius 2 is 1.59 bits per heavy atom. The van der Waals surface area contributed by atoms with E-state index in [1.165, 1.54) is 58.2 Å². The first-order chi connectivity index (χ1) is 10.7. The van der Waals surface area contributed by atoms with Crippen LogP contribution in [0, 0.1) is 13.8 Å². The third-order valence-corrected chi connectivity index (χ3v) is 4.71. The number of piperidine rings is 1. The Morgan fingerprint density at radius 1 is 0.955 bits per heavy atom. The molecule has 0 bridgehead atoms. The molecule has 1 fully saturated rings. The van der Waals surface area contributed by atoms with Gasteiger partial charge >= 0.3 is 0 Å². The van der Waals surface area contributed by atoms with E-state index in [0.717, 1.165) is 34.9 Å². The summed E-state index contributed by atoms with van der Waals surface area (Å²) in [5.41, 5.74) is 2.27. The summed E-state index contributed by atoms with van der Waals surface area (Å²) in [6, 6.07) is 3.95. The summed E-state index contributed by atoms with van der Waals surface area (Å²) >= 11 is 6.05. The fraction of sp³-hybridized carbons (Fsp3) is 0.684. The summed E-state index contributed by atoms with van der Waals surface area (Å²) in [5.74, 6) is 1.01. The van der Waals surface area contributed by atoms with E-state index in [1.54, 1.807) is 0 Å². The zero-order valence-corrected chi connectivity index (χ0v) is 14.9. The molecule has 1 aromatic carbocycles. The minimum absolute atomic E-state index is 0.792. The Bertz CT molecular complexity index is 432. The molecule has 0 radical (unpaired) electrons. The molecule has 0 aliphatic carbocycles. The van der Waals surface area contributed by atoms with E-state index < -0.39 is 0 Å². The lowest BCUT2D eigenvalue weighted by atomic mass is 10.1. The lowest BCUT2D eigenvalue weighted by Gasteiger charge is -2.26. The molecule has 22 heavy (non-hydrogen) atoms. The standard InChI is InChI=1S/C19H30ClNO/c1-16-14-18(20)15-17(2)19(16)22-13-9-4-3-6-10-21-11-7-5-8-12-21/h14-15H,3-13H2,1-2H3. The molecule has 1 saturated heterocycles. The normalized spacial score (nSPS) is 16.0. The molecular formula is C19H30ClNO. The van der Waals surface area contributed by atoms with Crippen LogP contribution < -0.4 is 4.74 Å². The number of likely N-dealkylation sites (tertiary alicyclic amines) is 1. The highest BCUT2D eigenvalue weighted by molar-refractivity contribution is 6.30. The smallest absolute Gasteiger partial charge is 0.125 e. The molecule has 0 N–H and O–H groups in total. The fourth-order valence-corrected chi connectivity index (χ4v) is 3.60. The average Bonchev–Trinajstić information content (AvgIpc) is 2.49. The number of hydrogen-bond donors (Lipinski definition) is 0. The fourth-order valence-electron chi connectivity index (χ4n) is 3.27. The summed E-state index contributed by atoms with van der Waals surface area (Å²) in [6.45, 7) is 8.86. The van der Waals surface area contributed by atoms with E-state index in [2.05, 4.69) is 18.7 Å². The van der Waals surface area contributed by atoms with E-state index in [1.807, 2.05) is 12.1 Å². The van der Waals surface area contributed by atoms with Gasteiger partial charge in [-0.3, -0.25) is 0 Å². The van der Waals surface area contributed by atoms with Crippen LogP contribution in [0.2, 0.25) is 5.02 Å². The number of ether oxygens (including phenoxy) is 1. The Hall–Kier alpha value is -0.730. The van der Waals surface area contributed by atoms with E-state index in [9.17, 15) is 0 Å². The highest BCUT2D eigenvalue weighted by Gasteiger charge is 2.09. The second-order valence-electron chi connectivity index (χ2n) is 6.53. The topological polar surface area (TPSA) is 12.5 Å². The van der Waals surface area contributed by atoms with Gasteiger partial charge in [-0.15, -0.1) is 0 Å². The van der Waals surface area contributed by atoms with Gasteiger partial charge in [-0.25, -0.2) is 0 Å². The Labute approximate surface area is 140 Å². The number of nitrogens with zero attached hydrogens (tertiary/aromatic N) is 1. The summed E-state index contributed by atoms with van der Waals surface area (Å²) < 4.78 is 5.95. The lowest BCUT2D eigenvalue weighted by Crippen LogP contribution is -2.30. The molecule has 0 amide bonds. The third-order valence-electron chi connectivity index (χ3n) is 4.49. The lowest BCUT2D eigenvalue weighted by molar-refractivity contribution is 0.223. The van der Waals surface area contributed by atoms with Crippen LogP contribution in [0.25, 0.3) is 0 Å². The van der Waals surface area contributed by atoms with Gasteiger partial charge in [0.25, 0.3) is 0 Å². The molecule has 124 valence electrons. The monoisotopic (exact) mass is 323 g/mol. The first-order valence-electron chi connectivity index (χ1n) is 8.79. The quantitative estimate of drug-likeness (QED) is 0.595. The van der Waals surface area contributed by atoms with Crippen LogP contribution in [0.15, 0.2) is 12.1 Å². The average molecular weight is 324 g/mol. The first-order valence-corrected chi connectivity index (χ1v) is 9.16. The van der Waals surface area contributed by atoms with E-state index in [4.69, 9.17) is 16.3 Å². The van der Waals surface area contributed by atoms with Crippen LogP contribution in [0.5, 0.6) is 5.75 Å². The number of halogens is 1. The van der Waals surface area contributed by atoms with Crippen molar-refractivity contribution in [3.63, 3.8) is 0 Å². The van der Waals surface area contributed by atoms with E-state index >= 15 is 0 Å².